The van der Waals surface area contributed by atoms with Crippen molar-refractivity contribution in [2.75, 3.05) is 11.1 Å². The second-order valence-electron chi connectivity index (χ2n) is 6.90. The lowest BCUT2D eigenvalue weighted by atomic mass is 9.82. The lowest BCUT2D eigenvalue weighted by Crippen LogP contribution is -2.41. The maximum absolute atomic E-state index is 13.4. The normalized spacial score (nSPS) is 14.0. The second-order valence-corrected chi connectivity index (χ2v) is 6.90. The van der Waals surface area contributed by atoms with Crippen LogP contribution in [-0.4, -0.2) is 17.2 Å². The number of nitrogen functional groups attached to an aromatic ring is 1. The van der Waals surface area contributed by atoms with Gasteiger partial charge in [-0.1, -0.05) is 6.07 Å². The Morgan fingerprint density at radius 2 is 1.56 bits per heavy atom. The van der Waals surface area contributed by atoms with Crippen molar-refractivity contribution in [3.8, 4) is 0 Å². The van der Waals surface area contributed by atoms with E-state index in [2.05, 4.69) is 5.32 Å². The molecule has 27 heavy (non-hydrogen) atoms. The molecular formula is C20H23F3N2O2. The van der Waals surface area contributed by atoms with Gasteiger partial charge in [-0.15, -0.1) is 0 Å². The number of nitrogens with two attached hydrogens (primary N) is 1. The maximum Gasteiger partial charge on any atom is 0.421 e. The smallest absolute Gasteiger partial charge is 0.399 e. The van der Waals surface area contributed by atoms with Gasteiger partial charge < -0.3 is 16.2 Å². The van der Waals surface area contributed by atoms with Crippen LogP contribution in [0.1, 0.15) is 45.1 Å². The van der Waals surface area contributed by atoms with Gasteiger partial charge in [-0.25, -0.2) is 0 Å². The number of nitrogens with one attached hydrogen (secondary N) is 1. The Balaban J connectivity index is 2.57. The van der Waals surface area contributed by atoms with Crippen LogP contribution in [-0.2, 0) is 5.60 Å². The topological polar surface area (TPSA) is 75.3 Å². The largest absolute Gasteiger partial charge is 0.421 e. The fourth-order valence-corrected chi connectivity index (χ4v) is 3.24. The molecule has 2 rings (SSSR count). The van der Waals surface area contributed by atoms with Crippen LogP contribution in [0.15, 0.2) is 24.3 Å². The minimum absolute atomic E-state index is 0.188. The van der Waals surface area contributed by atoms with Crippen LogP contribution in [0.5, 0.6) is 0 Å². The number of anilines is 2. The third-order valence-corrected chi connectivity index (χ3v) is 5.05. The average molecular weight is 380 g/mol. The Morgan fingerprint density at radius 3 is 2.00 bits per heavy atom. The molecule has 1 amide bonds. The highest BCUT2D eigenvalue weighted by atomic mass is 19.4. The fraction of sp³-hybridized carbons (Fsp3) is 0.350. The van der Waals surface area contributed by atoms with Gasteiger partial charge in [0.15, 0.2) is 5.60 Å². The van der Waals surface area contributed by atoms with Crippen molar-refractivity contribution in [3.05, 3.63) is 57.6 Å². The first-order chi connectivity index (χ1) is 12.3. The van der Waals surface area contributed by atoms with Crippen molar-refractivity contribution in [2.24, 2.45) is 0 Å². The number of carbonyl (C=O) groups excluding carboxylic acids is 1. The average Bonchev–Trinajstić information content (AvgIpc) is 2.55. The molecule has 0 heterocycles. The molecule has 0 saturated heterocycles. The second kappa shape index (κ2) is 6.88. The number of alkyl halides is 3. The molecule has 0 aliphatic rings. The lowest BCUT2D eigenvalue weighted by molar-refractivity contribution is -0.259. The van der Waals surface area contributed by atoms with E-state index in [1.165, 1.54) is 19.9 Å². The van der Waals surface area contributed by atoms with Crippen LogP contribution in [0.3, 0.4) is 0 Å². The number of rotatable bonds is 3. The molecule has 7 heteroatoms. The van der Waals surface area contributed by atoms with Gasteiger partial charge in [-0.3, -0.25) is 4.79 Å². The zero-order chi connectivity index (χ0) is 20.7. The van der Waals surface area contributed by atoms with Crippen LogP contribution >= 0.6 is 0 Å². The van der Waals surface area contributed by atoms with Gasteiger partial charge in [0.1, 0.15) is 0 Å². The van der Waals surface area contributed by atoms with Crippen LogP contribution < -0.4 is 11.1 Å². The van der Waals surface area contributed by atoms with Crippen LogP contribution in [0.4, 0.5) is 24.5 Å². The standard InChI is InChI=1S/C20H23F3N2O2/c1-10-12(3)17(25-18(26)14-7-6-8-15(24)9-14)13(4)11(2)16(10)19(5,27)20(21,22)23/h6-9,27H,24H2,1-5H3,(H,25,26). The maximum atomic E-state index is 13.4. The number of carbonyl (C=O) groups is 1. The van der Waals surface area contributed by atoms with Crippen molar-refractivity contribution >= 4 is 17.3 Å². The quantitative estimate of drug-likeness (QED) is 0.685. The minimum Gasteiger partial charge on any atom is -0.399 e. The van der Waals surface area contributed by atoms with Crippen molar-refractivity contribution in [1.29, 1.82) is 0 Å². The third-order valence-electron chi connectivity index (χ3n) is 5.05. The van der Waals surface area contributed by atoms with Gasteiger partial charge in [0.05, 0.1) is 0 Å². The van der Waals surface area contributed by atoms with E-state index < -0.39 is 17.7 Å². The Hall–Kier alpha value is -2.54. The molecular weight excluding hydrogens is 357 g/mol. The minimum atomic E-state index is -4.83. The molecule has 1 atom stereocenters. The first kappa shape index (κ1) is 20.8. The summed E-state index contributed by atoms with van der Waals surface area (Å²) >= 11 is 0. The lowest BCUT2D eigenvalue weighted by Gasteiger charge is -2.32. The van der Waals surface area contributed by atoms with Crippen molar-refractivity contribution in [2.45, 2.75) is 46.4 Å². The summed E-state index contributed by atoms with van der Waals surface area (Å²) in [5, 5.41) is 13.0. The molecule has 2 aromatic carbocycles. The molecule has 0 aliphatic heterocycles. The first-order valence-corrected chi connectivity index (χ1v) is 8.35. The molecule has 2 aromatic rings. The number of aliphatic hydroxyl groups is 1. The van der Waals surface area contributed by atoms with E-state index in [4.69, 9.17) is 5.73 Å². The third kappa shape index (κ3) is 3.64. The summed E-state index contributed by atoms with van der Waals surface area (Å²) in [6.45, 7) is 6.99. The highest BCUT2D eigenvalue weighted by Crippen LogP contribution is 2.44. The molecule has 1 unspecified atom stereocenters. The van der Waals surface area contributed by atoms with E-state index in [9.17, 15) is 23.1 Å². The summed E-state index contributed by atoms with van der Waals surface area (Å²) < 4.78 is 40.1. The number of hydrogen-bond acceptors (Lipinski definition) is 3. The highest BCUT2D eigenvalue weighted by Gasteiger charge is 2.52. The van der Waals surface area contributed by atoms with E-state index >= 15 is 0 Å². The molecule has 0 aromatic heterocycles. The van der Waals surface area contributed by atoms with E-state index in [1.54, 1.807) is 32.0 Å². The molecule has 4 nitrogen and oxygen atoms in total. The van der Waals surface area contributed by atoms with Crippen LogP contribution in [0.2, 0.25) is 0 Å². The van der Waals surface area contributed by atoms with E-state index in [-0.39, 0.29) is 16.7 Å². The molecule has 0 fully saturated rings. The number of hydrogen-bond donors (Lipinski definition) is 3. The Bertz CT molecular complexity index is 874. The van der Waals surface area contributed by atoms with E-state index in [1.807, 2.05) is 0 Å². The van der Waals surface area contributed by atoms with Gasteiger partial charge in [-0.2, -0.15) is 13.2 Å². The summed E-state index contributed by atoms with van der Waals surface area (Å²) in [4.78, 5) is 12.5. The van der Waals surface area contributed by atoms with Crippen molar-refractivity contribution in [1.82, 2.24) is 0 Å². The monoisotopic (exact) mass is 380 g/mol. The van der Waals surface area contributed by atoms with Gasteiger partial charge in [0.25, 0.3) is 5.91 Å². The Labute approximate surface area is 156 Å². The number of benzene rings is 2. The first-order valence-electron chi connectivity index (χ1n) is 8.35. The Kier molecular flexibility index (Phi) is 5.30. The summed E-state index contributed by atoms with van der Waals surface area (Å²) in [6, 6.07) is 6.40. The molecule has 146 valence electrons. The van der Waals surface area contributed by atoms with E-state index in [0.717, 1.165) is 6.92 Å². The predicted molar refractivity (Wildman–Crippen MR) is 99.8 cm³/mol. The molecule has 0 spiro atoms. The number of halogens is 3. The zero-order valence-corrected chi connectivity index (χ0v) is 15.9. The van der Waals surface area contributed by atoms with Crippen LogP contribution in [0, 0.1) is 27.7 Å². The molecule has 0 bridgehead atoms. The van der Waals surface area contributed by atoms with Gasteiger partial charge in [0.2, 0.25) is 0 Å². The number of amides is 1. The van der Waals surface area contributed by atoms with E-state index in [0.29, 0.717) is 28.1 Å². The highest BCUT2D eigenvalue weighted by molar-refractivity contribution is 6.05. The SMILES string of the molecule is Cc1c(C)c(C(C)(O)C(F)(F)F)c(C)c(C)c1NC(=O)c1cccc(N)c1. The summed E-state index contributed by atoms with van der Waals surface area (Å²) in [5.41, 5.74) is 5.21. The fourth-order valence-electron chi connectivity index (χ4n) is 3.24. The molecule has 0 radical (unpaired) electrons. The van der Waals surface area contributed by atoms with Gasteiger partial charge in [0, 0.05) is 16.9 Å². The van der Waals surface area contributed by atoms with Gasteiger partial charge >= 0.3 is 6.18 Å². The Morgan fingerprint density at radius 1 is 1.04 bits per heavy atom. The van der Waals surface area contributed by atoms with Crippen LogP contribution in [0.25, 0.3) is 0 Å². The zero-order valence-electron chi connectivity index (χ0n) is 15.9. The van der Waals surface area contributed by atoms with Crippen molar-refractivity contribution < 1.29 is 23.1 Å². The molecule has 0 aliphatic carbocycles. The predicted octanol–water partition coefficient (Wildman–Crippen LogP) is 4.52. The van der Waals surface area contributed by atoms with Gasteiger partial charge in [-0.05, 0) is 80.6 Å². The van der Waals surface area contributed by atoms with Crippen molar-refractivity contribution in [3.63, 3.8) is 0 Å². The molecule has 4 N–H and O–H groups in total. The summed E-state index contributed by atoms with van der Waals surface area (Å²) in [5.74, 6) is -0.414. The molecule has 0 saturated carbocycles. The summed E-state index contributed by atoms with van der Waals surface area (Å²) in [7, 11) is 0. The summed E-state index contributed by atoms with van der Waals surface area (Å²) in [6.07, 6.45) is -4.83.